The number of nitrogens with zero attached hydrogens (tertiary/aromatic N) is 1. The van der Waals surface area contributed by atoms with Crippen LogP contribution in [0.5, 0.6) is 5.88 Å². The number of ether oxygens (including phenoxy) is 2. The monoisotopic (exact) mass is 338 g/mol. The lowest BCUT2D eigenvalue weighted by atomic mass is 9.90. The molecule has 7 heteroatoms. The summed E-state index contributed by atoms with van der Waals surface area (Å²) >= 11 is 0. The van der Waals surface area contributed by atoms with Crippen molar-refractivity contribution in [2.45, 2.75) is 18.9 Å². The Hall–Kier alpha value is -2.12. The highest BCUT2D eigenvalue weighted by molar-refractivity contribution is 5.70. The summed E-state index contributed by atoms with van der Waals surface area (Å²) in [6.07, 6.45) is -2.79. The summed E-state index contributed by atoms with van der Waals surface area (Å²) < 4.78 is 46.9. The first-order chi connectivity index (χ1) is 11.5. The number of fused-ring (bicyclic) bond motifs is 1. The minimum Gasteiger partial charge on any atom is -0.388 e. The Morgan fingerprint density at radius 3 is 2.92 bits per heavy atom. The molecular formula is C17H17F3N2O2. The molecule has 1 aliphatic rings. The largest absolute Gasteiger partial charge is 0.574 e. The summed E-state index contributed by atoms with van der Waals surface area (Å²) in [6, 6.07) is 8.77. The van der Waals surface area contributed by atoms with Gasteiger partial charge in [0, 0.05) is 18.8 Å². The highest BCUT2D eigenvalue weighted by Gasteiger charge is 2.32. The molecule has 0 fully saturated rings. The second kappa shape index (κ2) is 6.78. The van der Waals surface area contributed by atoms with E-state index < -0.39 is 12.2 Å². The van der Waals surface area contributed by atoms with Gasteiger partial charge < -0.3 is 14.8 Å². The average molecular weight is 338 g/mol. The van der Waals surface area contributed by atoms with Crippen LogP contribution in [0.4, 0.5) is 13.2 Å². The van der Waals surface area contributed by atoms with E-state index >= 15 is 0 Å². The van der Waals surface area contributed by atoms with Gasteiger partial charge in [0.25, 0.3) is 0 Å². The second-order valence-corrected chi connectivity index (χ2v) is 5.47. The molecule has 0 amide bonds. The fourth-order valence-electron chi connectivity index (χ4n) is 2.95. The van der Waals surface area contributed by atoms with Crippen LogP contribution in [-0.4, -0.2) is 31.5 Å². The number of pyridine rings is 1. The van der Waals surface area contributed by atoms with Gasteiger partial charge in [0.2, 0.25) is 5.88 Å². The molecule has 0 bridgehead atoms. The number of alkyl halides is 3. The quantitative estimate of drug-likeness (QED) is 0.927. The highest BCUT2D eigenvalue weighted by atomic mass is 19.4. The zero-order chi connectivity index (χ0) is 17.2. The molecule has 4 nitrogen and oxygen atoms in total. The summed E-state index contributed by atoms with van der Waals surface area (Å²) in [5.74, 6) is -0.462. The van der Waals surface area contributed by atoms with Crippen molar-refractivity contribution in [2.75, 3.05) is 20.2 Å². The van der Waals surface area contributed by atoms with Gasteiger partial charge in [-0.1, -0.05) is 18.2 Å². The number of aromatic nitrogens is 1. The number of hydrogen-bond acceptors (Lipinski definition) is 4. The van der Waals surface area contributed by atoms with Crippen LogP contribution < -0.4 is 10.1 Å². The standard InChI is InChI=1S/C17H17F3N2O2/c1-21-10-15-14-4-2-3-12(13(14)6-8-23-15)11-5-7-22-16(9-11)24-17(18,19)20/h2-5,7,9,15,21H,6,8,10H2,1H3/t15-/m1/s1. The molecule has 1 atom stereocenters. The third-order valence-corrected chi connectivity index (χ3v) is 3.89. The molecule has 0 aliphatic carbocycles. The van der Waals surface area contributed by atoms with Gasteiger partial charge in [-0.25, -0.2) is 4.98 Å². The van der Waals surface area contributed by atoms with Gasteiger partial charge in [-0.3, -0.25) is 0 Å². The van der Waals surface area contributed by atoms with Crippen molar-refractivity contribution in [1.29, 1.82) is 0 Å². The molecule has 1 N–H and O–H groups in total. The van der Waals surface area contributed by atoms with E-state index in [1.165, 1.54) is 12.3 Å². The maximum absolute atomic E-state index is 12.4. The third-order valence-electron chi connectivity index (χ3n) is 3.89. The Bertz CT molecular complexity index is 719. The molecule has 2 aromatic rings. The molecule has 128 valence electrons. The summed E-state index contributed by atoms with van der Waals surface area (Å²) in [6.45, 7) is 1.25. The van der Waals surface area contributed by atoms with E-state index in [1.807, 2.05) is 25.2 Å². The molecule has 0 radical (unpaired) electrons. The number of benzene rings is 1. The van der Waals surface area contributed by atoms with E-state index in [9.17, 15) is 13.2 Å². The molecule has 1 aromatic heterocycles. The van der Waals surface area contributed by atoms with Gasteiger partial charge >= 0.3 is 6.36 Å². The minimum atomic E-state index is -4.76. The molecule has 1 aromatic carbocycles. The average Bonchev–Trinajstić information content (AvgIpc) is 2.53. The van der Waals surface area contributed by atoms with Crippen molar-refractivity contribution >= 4 is 0 Å². The van der Waals surface area contributed by atoms with Crippen LogP contribution >= 0.6 is 0 Å². The van der Waals surface area contributed by atoms with E-state index in [0.29, 0.717) is 25.1 Å². The summed E-state index contributed by atoms with van der Waals surface area (Å²) in [7, 11) is 1.85. The van der Waals surface area contributed by atoms with E-state index in [1.54, 1.807) is 6.07 Å². The van der Waals surface area contributed by atoms with Gasteiger partial charge in [0.15, 0.2) is 0 Å². The van der Waals surface area contributed by atoms with E-state index in [4.69, 9.17) is 4.74 Å². The maximum Gasteiger partial charge on any atom is 0.574 e. The first-order valence-electron chi connectivity index (χ1n) is 7.58. The number of halogens is 3. The molecule has 1 aliphatic heterocycles. The van der Waals surface area contributed by atoms with E-state index in [0.717, 1.165) is 16.7 Å². The maximum atomic E-state index is 12.4. The zero-order valence-electron chi connectivity index (χ0n) is 13.1. The van der Waals surface area contributed by atoms with Crippen LogP contribution in [0.3, 0.4) is 0 Å². The lowest BCUT2D eigenvalue weighted by molar-refractivity contribution is -0.276. The van der Waals surface area contributed by atoms with Crippen LogP contribution in [0.2, 0.25) is 0 Å². The summed E-state index contributed by atoms with van der Waals surface area (Å²) in [4.78, 5) is 3.63. The van der Waals surface area contributed by atoms with Crippen molar-refractivity contribution in [1.82, 2.24) is 10.3 Å². The first-order valence-corrected chi connectivity index (χ1v) is 7.58. The van der Waals surface area contributed by atoms with Crippen LogP contribution in [0, 0.1) is 0 Å². The molecule has 24 heavy (non-hydrogen) atoms. The van der Waals surface area contributed by atoms with Crippen molar-refractivity contribution in [3.8, 4) is 17.0 Å². The lowest BCUT2D eigenvalue weighted by Gasteiger charge is -2.28. The Kier molecular flexibility index (Phi) is 4.73. The van der Waals surface area contributed by atoms with Gasteiger partial charge in [-0.05, 0) is 41.8 Å². The predicted molar refractivity (Wildman–Crippen MR) is 82.7 cm³/mol. The number of hydrogen-bond donors (Lipinski definition) is 1. The smallest absolute Gasteiger partial charge is 0.388 e. The number of nitrogens with one attached hydrogen (secondary N) is 1. The third kappa shape index (κ3) is 3.68. The molecule has 0 saturated carbocycles. The van der Waals surface area contributed by atoms with Crippen molar-refractivity contribution in [3.05, 3.63) is 47.7 Å². The molecule has 3 rings (SSSR count). The highest BCUT2D eigenvalue weighted by Crippen LogP contribution is 2.35. The molecule has 0 spiro atoms. The number of rotatable bonds is 4. The van der Waals surface area contributed by atoms with Crippen molar-refractivity contribution < 1.29 is 22.6 Å². The molecule has 2 heterocycles. The van der Waals surface area contributed by atoms with Crippen molar-refractivity contribution in [2.24, 2.45) is 0 Å². The van der Waals surface area contributed by atoms with E-state index in [2.05, 4.69) is 15.0 Å². The minimum absolute atomic E-state index is 0.0635. The zero-order valence-corrected chi connectivity index (χ0v) is 13.1. The molecular weight excluding hydrogens is 321 g/mol. The summed E-state index contributed by atoms with van der Waals surface area (Å²) in [5, 5.41) is 3.09. The van der Waals surface area contributed by atoms with Gasteiger partial charge in [0.1, 0.15) is 0 Å². The molecule has 0 saturated heterocycles. The lowest BCUT2D eigenvalue weighted by Crippen LogP contribution is -2.25. The van der Waals surface area contributed by atoms with Gasteiger partial charge in [0.05, 0.1) is 12.7 Å². The second-order valence-electron chi connectivity index (χ2n) is 5.47. The van der Waals surface area contributed by atoms with Crippen LogP contribution in [-0.2, 0) is 11.2 Å². The normalized spacial score (nSPS) is 17.4. The van der Waals surface area contributed by atoms with Gasteiger partial charge in [-0.15, -0.1) is 13.2 Å². The predicted octanol–water partition coefficient (Wildman–Crippen LogP) is 3.48. The fraction of sp³-hybridized carbons (Fsp3) is 0.353. The topological polar surface area (TPSA) is 43.4 Å². The summed E-state index contributed by atoms with van der Waals surface area (Å²) in [5.41, 5.74) is 3.67. The van der Waals surface area contributed by atoms with E-state index in [-0.39, 0.29) is 6.10 Å². The SMILES string of the molecule is CNC[C@H]1OCCc2c(-c3ccnc(OC(F)(F)F)c3)cccc21. The molecule has 0 unspecified atom stereocenters. The first kappa shape index (κ1) is 16.7. The Balaban J connectivity index is 1.99. The van der Waals surface area contributed by atoms with Crippen LogP contribution in [0.25, 0.3) is 11.1 Å². The Morgan fingerprint density at radius 2 is 2.17 bits per heavy atom. The fourth-order valence-corrected chi connectivity index (χ4v) is 2.95. The van der Waals surface area contributed by atoms with Gasteiger partial charge in [-0.2, -0.15) is 0 Å². The van der Waals surface area contributed by atoms with Crippen LogP contribution in [0.15, 0.2) is 36.5 Å². The van der Waals surface area contributed by atoms with Crippen LogP contribution in [0.1, 0.15) is 17.2 Å². The Morgan fingerprint density at radius 1 is 1.33 bits per heavy atom. The van der Waals surface area contributed by atoms with Crippen molar-refractivity contribution in [3.63, 3.8) is 0 Å². The Labute approximate surface area is 137 Å². The number of likely N-dealkylation sites (N-methyl/N-ethyl adjacent to an activating group) is 1.